The standard InChI is InChI=1S/C26H32Cl2N2O5/c1-4-24(26(32)29-18-7-5-6-8-18)30(15-17-9-10-22(27)23(28)11-17)25(31)16-35-21-13-19(33-2)12-20(14-21)34-3/h9-14,18,24H,4-8,15-16H2,1-3H3,(H,29,32). The summed E-state index contributed by atoms with van der Waals surface area (Å²) < 4.78 is 16.3. The van der Waals surface area contributed by atoms with Gasteiger partial charge >= 0.3 is 0 Å². The summed E-state index contributed by atoms with van der Waals surface area (Å²) in [6.45, 7) is 1.82. The van der Waals surface area contributed by atoms with E-state index in [2.05, 4.69) is 5.32 Å². The number of nitrogens with one attached hydrogen (secondary N) is 1. The first kappa shape index (κ1) is 27.0. The van der Waals surface area contributed by atoms with Crippen molar-refractivity contribution < 1.29 is 23.8 Å². The van der Waals surface area contributed by atoms with Gasteiger partial charge in [0, 0.05) is 30.8 Å². The maximum absolute atomic E-state index is 13.4. The van der Waals surface area contributed by atoms with Crippen LogP contribution in [0.4, 0.5) is 0 Å². The number of carbonyl (C=O) groups excluding carboxylic acids is 2. The van der Waals surface area contributed by atoms with Crippen molar-refractivity contribution in [2.45, 2.75) is 57.7 Å². The molecular weight excluding hydrogens is 491 g/mol. The van der Waals surface area contributed by atoms with Crippen LogP contribution < -0.4 is 19.5 Å². The lowest BCUT2D eigenvalue weighted by Crippen LogP contribution is -2.52. The van der Waals surface area contributed by atoms with E-state index in [1.54, 1.807) is 41.3 Å². The van der Waals surface area contributed by atoms with E-state index in [1.807, 2.05) is 6.92 Å². The summed E-state index contributed by atoms with van der Waals surface area (Å²) in [5.74, 6) is 1.03. The van der Waals surface area contributed by atoms with Gasteiger partial charge in [-0.05, 0) is 37.0 Å². The van der Waals surface area contributed by atoms with E-state index in [0.717, 1.165) is 31.2 Å². The smallest absolute Gasteiger partial charge is 0.261 e. The van der Waals surface area contributed by atoms with Crippen LogP contribution in [0.3, 0.4) is 0 Å². The van der Waals surface area contributed by atoms with Gasteiger partial charge in [-0.3, -0.25) is 9.59 Å². The van der Waals surface area contributed by atoms with Crippen LogP contribution in [0.15, 0.2) is 36.4 Å². The maximum Gasteiger partial charge on any atom is 0.261 e. The van der Waals surface area contributed by atoms with Gasteiger partial charge in [0.25, 0.3) is 5.91 Å². The minimum absolute atomic E-state index is 0.152. The normalized spacial score (nSPS) is 14.3. The van der Waals surface area contributed by atoms with Gasteiger partial charge in [0.15, 0.2) is 6.61 Å². The van der Waals surface area contributed by atoms with Gasteiger partial charge in [0.2, 0.25) is 5.91 Å². The second kappa shape index (κ2) is 12.9. The van der Waals surface area contributed by atoms with Crippen LogP contribution in [0, 0.1) is 0 Å². The lowest BCUT2D eigenvalue weighted by Gasteiger charge is -2.31. The fraction of sp³-hybridized carbons (Fsp3) is 0.462. The molecule has 1 saturated carbocycles. The molecule has 0 radical (unpaired) electrons. The molecular formula is C26H32Cl2N2O5. The first-order chi connectivity index (χ1) is 16.8. The van der Waals surface area contributed by atoms with Gasteiger partial charge < -0.3 is 24.4 Å². The molecule has 0 saturated heterocycles. The molecule has 2 amide bonds. The fourth-order valence-corrected chi connectivity index (χ4v) is 4.54. The molecule has 190 valence electrons. The van der Waals surface area contributed by atoms with Gasteiger partial charge in [-0.1, -0.05) is 49.0 Å². The zero-order chi connectivity index (χ0) is 25.4. The third-order valence-corrected chi connectivity index (χ3v) is 6.85. The Morgan fingerprint density at radius 3 is 2.20 bits per heavy atom. The molecule has 0 aliphatic heterocycles. The number of halogens is 2. The quantitative estimate of drug-likeness (QED) is 0.435. The molecule has 1 unspecified atom stereocenters. The summed E-state index contributed by atoms with van der Waals surface area (Å²) in [5, 5.41) is 3.94. The Kier molecular flexibility index (Phi) is 9.93. The number of carbonyl (C=O) groups is 2. The molecule has 2 aromatic rings. The monoisotopic (exact) mass is 522 g/mol. The van der Waals surface area contributed by atoms with Crippen molar-refractivity contribution >= 4 is 35.0 Å². The molecule has 35 heavy (non-hydrogen) atoms. The molecule has 0 bridgehead atoms. The molecule has 1 fully saturated rings. The molecule has 2 aromatic carbocycles. The predicted octanol–water partition coefficient (Wildman–Crippen LogP) is 5.26. The van der Waals surface area contributed by atoms with Crippen molar-refractivity contribution in [1.82, 2.24) is 10.2 Å². The summed E-state index contributed by atoms with van der Waals surface area (Å²) in [6, 6.07) is 9.74. The number of rotatable bonds is 11. The van der Waals surface area contributed by atoms with Crippen LogP contribution in [0.1, 0.15) is 44.6 Å². The third-order valence-electron chi connectivity index (χ3n) is 6.11. The number of nitrogens with zero attached hydrogens (tertiary/aromatic N) is 1. The van der Waals surface area contributed by atoms with Gasteiger partial charge in [0.1, 0.15) is 23.3 Å². The van der Waals surface area contributed by atoms with Crippen LogP contribution in [-0.2, 0) is 16.1 Å². The highest BCUT2D eigenvalue weighted by Gasteiger charge is 2.31. The zero-order valence-corrected chi connectivity index (χ0v) is 21.8. The molecule has 0 heterocycles. The van der Waals surface area contributed by atoms with Crippen molar-refractivity contribution in [3.05, 3.63) is 52.0 Å². The second-order valence-electron chi connectivity index (χ2n) is 8.52. The van der Waals surface area contributed by atoms with Crippen molar-refractivity contribution in [1.29, 1.82) is 0 Å². The van der Waals surface area contributed by atoms with E-state index in [4.69, 9.17) is 37.4 Å². The Balaban J connectivity index is 1.80. The number of ether oxygens (including phenoxy) is 3. The number of amides is 2. The van der Waals surface area contributed by atoms with Crippen LogP contribution in [0.25, 0.3) is 0 Å². The minimum atomic E-state index is -0.652. The number of hydrogen-bond acceptors (Lipinski definition) is 5. The predicted molar refractivity (Wildman–Crippen MR) is 137 cm³/mol. The molecule has 0 spiro atoms. The topological polar surface area (TPSA) is 77.1 Å². The van der Waals surface area contributed by atoms with E-state index in [9.17, 15) is 9.59 Å². The molecule has 1 N–H and O–H groups in total. The summed E-state index contributed by atoms with van der Waals surface area (Å²) in [4.78, 5) is 28.2. The Bertz CT molecular complexity index is 1000. The number of methoxy groups -OCH3 is 2. The van der Waals surface area contributed by atoms with Gasteiger partial charge in [-0.15, -0.1) is 0 Å². The van der Waals surface area contributed by atoms with E-state index >= 15 is 0 Å². The third kappa shape index (κ3) is 7.42. The Labute approximate surface area is 216 Å². The zero-order valence-electron chi connectivity index (χ0n) is 20.3. The van der Waals surface area contributed by atoms with Gasteiger partial charge in [-0.2, -0.15) is 0 Å². The molecule has 1 aliphatic carbocycles. The minimum Gasteiger partial charge on any atom is -0.496 e. The van der Waals surface area contributed by atoms with Gasteiger partial charge in [-0.25, -0.2) is 0 Å². The highest BCUT2D eigenvalue weighted by atomic mass is 35.5. The van der Waals surface area contributed by atoms with Crippen LogP contribution in [0.2, 0.25) is 10.0 Å². The highest BCUT2D eigenvalue weighted by molar-refractivity contribution is 6.42. The molecule has 1 aliphatic rings. The Hall–Kier alpha value is -2.64. The SMILES string of the molecule is CCC(C(=O)NC1CCCC1)N(Cc1ccc(Cl)c(Cl)c1)C(=O)COc1cc(OC)cc(OC)c1. The molecule has 1 atom stereocenters. The average molecular weight is 523 g/mol. The molecule has 0 aromatic heterocycles. The van der Waals surface area contributed by atoms with Crippen molar-refractivity contribution in [2.75, 3.05) is 20.8 Å². The van der Waals surface area contributed by atoms with E-state index in [0.29, 0.717) is 33.7 Å². The van der Waals surface area contributed by atoms with Gasteiger partial charge in [0.05, 0.1) is 24.3 Å². The van der Waals surface area contributed by atoms with Crippen LogP contribution in [0.5, 0.6) is 17.2 Å². The molecule has 9 heteroatoms. The van der Waals surface area contributed by atoms with Crippen molar-refractivity contribution in [3.8, 4) is 17.2 Å². The first-order valence-corrected chi connectivity index (χ1v) is 12.5. The van der Waals surface area contributed by atoms with Crippen LogP contribution in [-0.4, -0.2) is 49.6 Å². The van der Waals surface area contributed by atoms with E-state index < -0.39 is 6.04 Å². The maximum atomic E-state index is 13.4. The molecule has 3 rings (SSSR count). The van der Waals surface area contributed by atoms with Crippen LogP contribution >= 0.6 is 23.2 Å². The lowest BCUT2D eigenvalue weighted by atomic mass is 10.1. The van der Waals surface area contributed by atoms with E-state index in [1.165, 1.54) is 14.2 Å². The highest BCUT2D eigenvalue weighted by Crippen LogP contribution is 2.28. The Morgan fingerprint density at radius 1 is 1.00 bits per heavy atom. The summed E-state index contributed by atoms with van der Waals surface area (Å²) in [7, 11) is 3.08. The second-order valence-corrected chi connectivity index (χ2v) is 9.34. The summed E-state index contributed by atoms with van der Waals surface area (Å²) in [5.41, 5.74) is 0.767. The van der Waals surface area contributed by atoms with E-state index in [-0.39, 0.29) is 31.0 Å². The Morgan fingerprint density at radius 2 is 1.63 bits per heavy atom. The summed E-state index contributed by atoms with van der Waals surface area (Å²) in [6.07, 6.45) is 4.59. The average Bonchev–Trinajstić information content (AvgIpc) is 3.37. The largest absolute Gasteiger partial charge is 0.496 e. The number of benzene rings is 2. The molecule has 7 nitrogen and oxygen atoms in total. The first-order valence-electron chi connectivity index (χ1n) is 11.7. The van der Waals surface area contributed by atoms with Crippen molar-refractivity contribution in [3.63, 3.8) is 0 Å². The fourth-order valence-electron chi connectivity index (χ4n) is 4.21. The van der Waals surface area contributed by atoms with Crippen molar-refractivity contribution in [2.24, 2.45) is 0 Å². The summed E-state index contributed by atoms with van der Waals surface area (Å²) >= 11 is 12.3. The number of hydrogen-bond donors (Lipinski definition) is 1. The lowest BCUT2D eigenvalue weighted by molar-refractivity contribution is -0.143.